The molecule has 1 aromatic carbocycles. The first-order chi connectivity index (χ1) is 12.3. The van der Waals surface area contributed by atoms with E-state index in [1.165, 1.54) is 0 Å². The molecule has 0 amide bonds. The maximum Gasteiger partial charge on any atom is 0.229 e. The maximum atomic E-state index is 11.7. The second-order valence-electron chi connectivity index (χ2n) is 6.69. The topological polar surface area (TPSA) is 84.4 Å². The van der Waals surface area contributed by atoms with Gasteiger partial charge in [0.1, 0.15) is 11.6 Å². The van der Waals surface area contributed by atoms with Crippen molar-refractivity contribution in [1.29, 1.82) is 0 Å². The van der Waals surface area contributed by atoms with Gasteiger partial charge < -0.3 is 15.0 Å². The zero-order valence-corrected chi connectivity index (χ0v) is 16.0. The molecule has 2 aromatic rings. The van der Waals surface area contributed by atoms with Crippen molar-refractivity contribution in [2.75, 3.05) is 28.8 Å². The summed E-state index contributed by atoms with van der Waals surface area (Å²) in [5.41, 5.74) is 0.782. The van der Waals surface area contributed by atoms with Crippen molar-refractivity contribution < 1.29 is 13.2 Å². The normalized spacial score (nSPS) is 18.7. The summed E-state index contributed by atoms with van der Waals surface area (Å²) in [7, 11) is -1.07. The fraction of sp³-hybridized carbons (Fsp3) is 0.444. The molecule has 1 aromatic heterocycles. The van der Waals surface area contributed by atoms with Gasteiger partial charge in [-0.05, 0) is 38.5 Å². The van der Waals surface area contributed by atoms with E-state index < -0.39 is 9.84 Å². The summed E-state index contributed by atoms with van der Waals surface area (Å²) >= 11 is 0. The van der Waals surface area contributed by atoms with Gasteiger partial charge in [-0.25, -0.2) is 13.4 Å². The van der Waals surface area contributed by atoms with E-state index in [1.54, 1.807) is 12.3 Å². The average Bonchev–Trinajstić information content (AvgIpc) is 2.96. The number of sulfone groups is 1. The molecule has 1 atom stereocenters. The maximum absolute atomic E-state index is 11.7. The number of rotatable bonds is 6. The zero-order chi connectivity index (χ0) is 18.7. The van der Waals surface area contributed by atoms with Gasteiger partial charge in [0, 0.05) is 19.3 Å². The fourth-order valence-electron chi connectivity index (χ4n) is 2.92. The van der Waals surface area contributed by atoms with E-state index in [-0.39, 0.29) is 23.7 Å². The minimum Gasteiger partial charge on any atom is -0.489 e. The number of benzene rings is 1. The Bertz CT molecular complexity index is 870. The molecule has 0 saturated carbocycles. The lowest BCUT2D eigenvalue weighted by molar-refractivity contribution is 0.244. The molecule has 1 unspecified atom stereocenters. The monoisotopic (exact) mass is 376 g/mol. The Hall–Kier alpha value is -2.35. The van der Waals surface area contributed by atoms with Crippen LogP contribution in [0.3, 0.4) is 0 Å². The van der Waals surface area contributed by atoms with Crippen LogP contribution in [0.2, 0.25) is 0 Å². The van der Waals surface area contributed by atoms with Crippen molar-refractivity contribution in [1.82, 2.24) is 9.97 Å². The molecule has 0 bridgehead atoms. The van der Waals surface area contributed by atoms with Crippen molar-refractivity contribution in [3.8, 4) is 5.75 Å². The van der Waals surface area contributed by atoms with Crippen molar-refractivity contribution in [2.24, 2.45) is 0 Å². The van der Waals surface area contributed by atoms with E-state index in [4.69, 9.17) is 4.74 Å². The summed E-state index contributed by atoms with van der Waals surface area (Å²) in [6.45, 7) is 3.94. The highest BCUT2D eigenvalue weighted by atomic mass is 32.2. The third-order valence-electron chi connectivity index (χ3n) is 4.25. The summed E-state index contributed by atoms with van der Waals surface area (Å²) in [6.07, 6.45) is 2.34. The average molecular weight is 376 g/mol. The van der Waals surface area contributed by atoms with Crippen molar-refractivity contribution in [3.63, 3.8) is 0 Å². The van der Waals surface area contributed by atoms with Crippen LogP contribution in [0.4, 0.5) is 17.5 Å². The van der Waals surface area contributed by atoms with Gasteiger partial charge in [-0.1, -0.05) is 12.1 Å². The van der Waals surface area contributed by atoms with Gasteiger partial charge in [0.2, 0.25) is 5.95 Å². The number of nitrogens with one attached hydrogen (secondary N) is 1. The minimum absolute atomic E-state index is 0.0562. The van der Waals surface area contributed by atoms with Crippen molar-refractivity contribution >= 4 is 27.3 Å². The van der Waals surface area contributed by atoms with Gasteiger partial charge in [0.05, 0.1) is 23.3 Å². The molecule has 1 aliphatic heterocycles. The smallest absolute Gasteiger partial charge is 0.229 e. The standard InChI is InChI=1S/C18H24N4O3S/c1-13(2)25-16-7-5-4-6-15(16)20-18-19-10-8-17(21-18)22(3)14-9-11-26(23,24)12-14/h4-8,10,13-14H,9,11-12H2,1-3H3,(H,19,20,21). The summed E-state index contributed by atoms with van der Waals surface area (Å²) in [5, 5.41) is 3.19. The molecule has 26 heavy (non-hydrogen) atoms. The van der Waals surface area contributed by atoms with Crippen molar-refractivity contribution in [2.45, 2.75) is 32.4 Å². The van der Waals surface area contributed by atoms with Gasteiger partial charge >= 0.3 is 0 Å². The summed E-state index contributed by atoms with van der Waals surface area (Å²) in [6, 6.07) is 9.35. The minimum atomic E-state index is -2.94. The van der Waals surface area contributed by atoms with Gasteiger partial charge in [-0.15, -0.1) is 0 Å². The van der Waals surface area contributed by atoms with E-state index in [0.29, 0.717) is 18.2 Å². The Kier molecular flexibility index (Phi) is 5.31. The van der Waals surface area contributed by atoms with Crippen LogP contribution in [0.5, 0.6) is 5.75 Å². The Balaban J connectivity index is 1.78. The molecular formula is C18H24N4O3S. The highest BCUT2D eigenvalue weighted by Crippen LogP contribution is 2.28. The molecule has 3 rings (SSSR count). The summed E-state index contributed by atoms with van der Waals surface area (Å²) in [4.78, 5) is 10.7. The van der Waals surface area contributed by atoms with E-state index in [0.717, 1.165) is 11.4 Å². The first kappa shape index (κ1) is 18.4. The van der Waals surface area contributed by atoms with E-state index in [9.17, 15) is 8.42 Å². The quantitative estimate of drug-likeness (QED) is 0.829. The Morgan fingerprint density at radius 3 is 2.73 bits per heavy atom. The molecule has 1 aliphatic rings. The molecule has 0 radical (unpaired) electrons. The lowest BCUT2D eigenvalue weighted by atomic mass is 10.2. The molecule has 140 valence electrons. The van der Waals surface area contributed by atoms with Gasteiger partial charge in [0.25, 0.3) is 0 Å². The number of para-hydroxylation sites is 2. The zero-order valence-electron chi connectivity index (χ0n) is 15.2. The Morgan fingerprint density at radius 1 is 1.27 bits per heavy atom. The van der Waals surface area contributed by atoms with E-state index >= 15 is 0 Å². The van der Waals surface area contributed by atoms with Crippen LogP contribution in [-0.2, 0) is 9.84 Å². The van der Waals surface area contributed by atoms with Crippen molar-refractivity contribution in [3.05, 3.63) is 36.5 Å². The molecule has 1 N–H and O–H groups in total. The molecule has 8 heteroatoms. The van der Waals surface area contributed by atoms with Crippen LogP contribution >= 0.6 is 0 Å². The van der Waals surface area contributed by atoms with Crippen LogP contribution < -0.4 is 15.0 Å². The Morgan fingerprint density at radius 2 is 2.04 bits per heavy atom. The van der Waals surface area contributed by atoms with Gasteiger partial charge in [-0.3, -0.25) is 0 Å². The number of hydrogen-bond acceptors (Lipinski definition) is 7. The van der Waals surface area contributed by atoms with Crippen LogP contribution in [-0.4, -0.2) is 49.1 Å². The lowest BCUT2D eigenvalue weighted by Gasteiger charge is -2.24. The first-order valence-electron chi connectivity index (χ1n) is 8.63. The molecule has 7 nitrogen and oxygen atoms in total. The predicted molar refractivity (Wildman–Crippen MR) is 103 cm³/mol. The number of hydrogen-bond donors (Lipinski definition) is 1. The summed E-state index contributed by atoms with van der Waals surface area (Å²) < 4.78 is 29.3. The lowest BCUT2D eigenvalue weighted by Crippen LogP contribution is -2.33. The molecule has 0 spiro atoms. The number of anilines is 3. The van der Waals surface area contributed by atoms with Gasteiger partial charge in [0.15, 0.2) is 9.84 Å². The van der Waals surface area contributed by atoms with Crippen LogP contribution in [0.25, 0.3) is 0 Å². The van der Waals surface area contributed by atoms with E-state index in [2.05, 4.69) is 15.3 Å². The SMILES string of the molecule is CC(C)Oc1ccccc1Nc1nccc(N(C)C2CCS(=O)(=O)C2)n1. The van der Waals surface area contributed by atoms with Crippen LogP contribution in [0.1, 0.15) is 20.3 Å². The highest BCUT2D eigenvalue weighted by Gasteiger charge is 2.31. The molecule has 0 aliphatic carbocycles. The van der Waals surface area contributed by atoms with Gasteiger partial charge in [-0.2, -0.15) is 4.98 Å². The predicted octanol–water partition coefficient (Wildman–Crippen LogP) is 2.63. The second-order valence-corrected chi connectivity index (χ2v) is 8.92. The number of nitrogens with zero attached hydrogens (tertiary/aromatic N) is 3. The molecule has 2 heterocycles. The largest absolute Gasteiger partial charge is 0.489 e. The first-order valence-corrected chi connectivity index (χ1v) is 10.5. The number of aromatic nitrogens is 2. The third kappa shape index (κ3) is 4.43. The second kappa shape index (κ2) is 7.49. The van der Waals surface area contributed by atoms with Crippen LogP contribution in [0, 0.1) is 0 Å². The van der Waals surface area contributed by atoms with E-state index in [1.807, 2.05) is 50.1 Å². The third-order valence-corrected chi connectivity index (χ3v) is 6.00. The number of ether oxygens (including phenoxy) is 1. The highest BCUT2D eigenvalue weighted by molar-refractivity contribution is 7.91. The molecule has 1 fully saturated rings. The summed E-state index contributed by atoms with van der Waals surface area (Å²) in [5.74, 6) is 2.26. The molecule has 1 saturated heterocycles. The fourth-order valence-corrected chi connectivity index (χ4v) is 4.70. The van der Waals surface area contributed by atoms with Crippen LogP contribution in [0.15, 0.2) is 36.5 Å². The molecular weight excluding hydrogens is 352 g/mol. The Labute approximate surface area is 154 Å².